The van der Waals surface area contributed by atoms with E-state index in [2.05, 4.69) is 137 Å². The molecule has 0 aliphatic rings. The van der Waals surface area contributed by atoms with Gasteiger partial charge >= 0.3 is 0 Å². The van der Waals surface area contributed by atoms with Gasteiger partial charge in [-0.05, 0) is 75.5 Å². The van der Waals surface area contributed by atoms with E-state index >= 15 is 0 Å². The van der Waals surface area contributed by atoms with Crippen molar-refractivity contribution >= 4 is 20.4 Å². The number of thiophene rings is 1. The number of hydrogen-bond donors (Lipinski definition) is 0. The van der Waals surface area contributed by atoms with Crippen molar-refractivity contribution in [3.63, 3.8) is 0 Å². The van der Waals surface area contributed by atoms with Gasteiger partial charge in [0.25, 0.3) is 9.04 Å². The van der Waals surface area contributed by atoms with Gasteiger partial charge in [-0.2, -0.15) is 0 Å². The van der Waals surface area contributed by atoms with Gasteiger partial charge in [0.05, 0.1) is 4.88 Å². The first-order valence-corrected chi connectivity index (χ1v) is 18.2. The normalized spacial score (nSPS) is 12.1. The van der Waals surface area contributed by atoms with Crippen LogP contribution in [-0.4, -0.2) is 29.2 Å². The summed E-state index contributed by atoms with van der Waals surface area (Å²) in [4.78, 5) is 2.77. The first-order valence-electron chi connectivity index (χ1n) is 14.9. The fraction of sp³-hybridized carbons (Fsp3) is 0.216. The third-order valence-corrected chi connectivity index (χ3v) is 9.49. The average Bonchev–Trinajstić information content (AvgIpc) is 3.70. The maximum absolute atomic E-state index is 6.54. The van der Waals surface area contributed by atoms with Crippen LogP contribution in [0.1, 0.15) is 48.6 Å². The van der Waals surface area contributed by atoms with Gasteiger partial charge in [-0.3, -0.25) is 0 Å². The molecule has 44 heavy (non-hydrogen) atoms. The topological polar surface area (TPSA) is 52.8 Å². The zero-order valence-corrected chi connectivity index (χ0v) is 27.9. The highest BCUT2D eigenvalue weighted by molar-refractivity contribution is 7.14. The summed E-state index contributed by atoms with van der Waals surface area (Å²) in [6.45, 7) is 13.2. The van der Waals surface area contributed by atoms with Gasteiger partial charge < -0.3 is 4.43 Å². The molecule has 6 rings (SSSR count). The second kappa shape index (κ2) is 12.0. The number of aromatic nitrogens is 4. The highest BCUT2D eigenvalue weighted by Crippen LogP contribution is 2.44. The van der Waals surface area contributed by atoms with E-state index in [4.69, 9.17) is 19.8 Å². The van der Waals surface area contributed by atoms with Crippen LogP contribution in [0.4, 0.5) is 0 Å². The maximum atomic E-state index is 6.54. The van der Waals surface area contributed by atoms with Crippen molar-refractivity contribution in [3.05, 3.63) is 142 Å². The summed E-state index contributed by atoms with van der Waals surface area (Å²) >= 11 is 1.63. The fourth-order valence-corrected chi connectivity index (χ4v) is 7.44. The molecule has 0 saturated carbocycles. The van der Waals surface area contributed by atoms with E-state index in [1.54, 1.807) is 16.1 Å². The Balaban J connectivity index is 1.54. The van der Waals surface area contributed by atoms with Crippen LogP contribution < -0.4 is 4.43 Å². The number of nitrogens with zero attached hydrogens (tertiary/aromatic N) is 4. The molecule has 0 fully saturated rings. The monoisotopic (exact) mass is 613 g/mol. The molecule has 0 aliphatic heterocycles. The molecule has 0 unspecified atom stereocenters. The van der Waals surface area contributed by atoms with Gasteiger partial charge in [0.2, 0.25) is 5.82 Å². The molecule has 0 N–H and O–H groups in total. The molecule has 1 radical (unpaired) electrons. The van der Waals surface area contributed by atoms with Crippen LogP contribution in [0.2, 0.25) is 13.1 Å². The summed E-state index contributed by atoms with van der Waals surface area (Å²) in [5, 5.41) is 16.8. The molecule has 0 aliphatic carbocycles. The molecule has 6 aromatic rings. The van der Waals surface area contributed by atoms with E-state index in [0.29, 0.717) is 5.82 Å². The molecular formula is C37H37N4OSSi. The van der Waals surface area contributed by atoms with E-state index in [1.165, 1.54) is 5.56 Å². The second-order valence-corrected chi connectivity index (χ2v) is 15.2. The van der Waals surface area contributed by atoms with E-state index in [-0.39, 0.29) is 5.41 Å². The molecule has 0 amide bonds. The third kappa shape index (κ3) is 5.31. The summed E-state index contributed by atoms with van der Waals surface area (Å²) in [6, 6.07) is 37.9. The van der Waals surface area contributed by atoms with Crippen LogP contribution in [0, 0.1) is 6.92 Å². The summed E-state index contributed by atoms with van der Waals surface area (Å²) in [5.74, 6) is 1.60. The molecule has 0 saturated heterocycles. The van der Waals surface area contributed by atoms with Gasteiger partial charge in [0, 0.05) is 5.56 Å². The van der Waals surface area contributed by atoms with E-state index in [0.717, 1.165) is 44.0 Å². The minimum atomic E-state index is -0.964. The molecule has 0 bridgehead atoms. The van der Waals surface area contributed by atoms with Crippen molar-refractivity contribution in [2.45, 2.75) is 51.7 Å². The van der Waals surface area contributed by atoms with Crippen LogP contribution in [-0.2, 0) is 11.0 Å². The van der Waals surface area contributed by atoms with Crippen molar-refractivity contribution in [3.8, 4) is 27.6 Å². The van der Waals surface area contributed by atoms with Crippen molar-refractivity contribution in [1.29, 1.82) is 0 Å². The zero-order chi connectivity index (χ0) is 30.9. The van der Waals surface area contributed by atoms with Crippen molar-refractivity contribution in [2.24, 2.45) is 0 Å². The lowest BCUT2D eigenvalue weighted by Gasteiger charge is -2.34. The molecule has 0 atom stereocenters. The number of hydrogen-bond acceptors (Lipinski definition) is 5. The van der Waals surface area contributed by atoms with Gasteiger partial charge in [-0.25, -0.2) is 0 Å². The van der Waals surface area contributed by atoms with Crippen molar-refractivity contribution < 1.29 is 4.43 Å². The van der Waals surface area contributed by atoms with Gasteiger partial charge in [0.15, 0.2) is 5.54 Å². The molecule has 0 spiro atoms. The lowest BCUT2D eigenvalue weighted by molar-refractivity contribution is 0.396. The molecule has 4 aromatic carbocycles. The standard InChI is InChI=1S/C37H37N4OSSi/c1-26-30(22-23-32(36(2,3)4)33(26)42-44(5)6)31-24-25-43-34(31)35-38-40-41(39-35)37(27-16-10-7-11-17-27,28-18-12-8-13-19-28)29-20-14-9-15-21-29/h7-25H,1-6H3. The van der Waals surface area contributed by atoms with Crippen molar-refractivity contribution in [2.75, 3.05) is 0 Å². The summed E-state index contributed by atoms with van der Waals surface area (Å²) < 4.78 is 6.54. The van der Waals surface area contributed by atoms with Crippen LogP contribution >= 0.6 is 11.3 Å². The van der Waals surface area contributed by atoms with Gasteiger partial charge in [-0.15, -0.1) is 26.3 Å². The van der Waals surface area contributed by atoms with Gasteiger partial charge in [0.1, 0.15) is 5.75 Å². The third-order valence-electron chi connectivity index (χ3n) is 7.97. The minimum absolute atomic E-state index is 0.0344. The fourth-order valence-electron chi connectivity index (χ4n) is 5.94. The molecule has 2 heterocycles. The molecule has 221 valence electrons. The minimum Gasteiger partial charge on any atom is -0.542 e. The second-order valence-electron chi connectivity index (χ2n) is 12.2. The number of tetrazole rings is 1. The molecule has 5 nitrogen and oxygen atoms in total. The molecular weight excluding hydrogens is 577 g/mol. The zero-order valence-electron chi connectivity index (χ0n) is 26.1. The molecule has 7 heteroatoms. The van der Waals surface area contributed by atoms with Crippen LogP contribution in [0.15, 0.2) is 115 Å². The SMILES string of the molecule is Cc1c(-c2ccsc2-c2nnn(C(c3ccccc3)(c3ccccc3)c3ccccc3)n2)ccc(C(C)(C)C)c1O[Si](C)C. The van der Waals surface area contributed by atoms with Crippen LogP contribution in [0.5, 0.6) is 5.75 Å². The Kier molecular flexibility index (Phi) is 8.09. The quantitative estimate of drug-likeness (QED) is 0.127. The van der Waals surface area contributed by atoms with Crippen LogP contribution in [0.3, 0.4) is 0 Å². The highest BCUT2D eigenvalue weighted by Gasteiger charge is 2.41. The van der Waals surface area contributed by atoms with Crippen LogP contribution in [0.25, 0.3) is 21.8 Å². The number of rotatable bonds is 8. The number of benzene rings is 4. The Morgan fingerprint density at radius 3 is 1.75 bits per heavy atom. The predicted octanol–water partition coefficient (Wildman–Crippen LogP) is 9.14. The Labute approximate surface area is 265 Å². The van der Waals surface area contributed by atoms with E-state index < -0.39 is 14.6 Å². The van der Waals surface area contributed by atoms with E-state index in [9.17, 15) is 0 Å². The highest BCUT2D eigenvalue weighted by atomic mass is 32.1. The summed E-state index contributed by atoms with van der Waals surface area (Å²) in [7, 11) is -0.964. The summed E-state index contributed by atoms with van der Waals surface area (Å²) in [6.07, 6.45) is 0. The smallest absolute Gasteiger partial charge is 0.274 e. The summed E-state index contributed by atoms with van der Waals surface area (Å²) in [5.41, 5.74) is 6.89. The Bertz CT molecular complexity index is 1760. The Morgan fingerprint density at radius 1 is 0.705 bits per heavy atom. The first-order chi connectivity index (χ1) is 21.2. The Hall–Kier alpha value is -4.33. The predicted molar refractivity (Wildman–Crippen MR) is 183 cm³/mol. The largest absolute Gasteiger partial charge is 0.542 e. The van der Waals surface area contributed by atoms with E-state index in [1.807, 2.05) is 18.2 Å². The van der Waals surface area contributed by atoms with Gasteiger partial charge in [-0.1, -0.05) is 124 Å². The Morgan fingerprint density at radius 2 is 1.25 bits per heavy atom. The lowest BCUT2D eigenvalue weighted by atomic mass is 9.77. The first kappa shape index (κ1) is 29.7. The van der Waals surface area contributed by atoms with Crippen molar-refractivity contribution in [1.82, 2.24) is 20.2 Å². The average molecular weight is 614 g/mol. The molecule has 2 aromatic heterocycles. The lowest BCUT2D eigenvalue weighted by Crippen LogP contribution is -2.39. The maximum Gasteiger partial charge on any atom is 0.274 e.